The number of thioether (sulfide) groups is 1. The van der Waals surface area contributed by atoms with Gasteiger partial charge in [-0.1, -0.05) is 47.7 Å². The average Bonchev–Trinajstić information content (AvgIpc) is 2.77. The smallest absolute Gasteiger partial charge is 0.268 e. The van der Waals surface area contributed by atoms with Crippen LogP contribution < -0.4 is 4.90 Å². The van der Waals surface area contributed by atoms with Crippen molar-refractivity contribution in [2.75, 3.05) is 4.90 Å². The van der Waals surface area contributed by atoms with E-state index in [9.17, 15) is 13.6 Å². The van der Waals surface area contributed by atoms with Gasteiger partial charge in [0.05, 0.1) is 15.6 Å². The Kier molecular flexibility index (Phi) is 4.48. The predicted molar refractivity (Wildman–Crippen MR) is 93.5 cm³/mol. The van der Waals surface area contributed by atoms with Gasteiger partial charge in [0, 0.05) is 5.56 Å². The first-order valence-electron chi connectivity index (χ1n) is 6.45. The van der Waals surface area contributed by atoms with Gasteiger partial charge in [-0.05, 0) is 36.4 Å². The molecule has 1 saturated heterocycles. The Morgan fingerprint density at radius 1 is 1.17 bits per heavy atom. The minimum Gasteiger partial charge on any atom is -0.268 e. The molecule has 2 nitrogen and oxygen atoms in total. The van der Waals surface area contributed by atoms with Crippen molar-refractivity contribution in [1.29, 1.82) is 0 Å². The second-order valence-electron chi connectivity index (χ2n) is 4.63. The molecular formula is C16H8ClF2NOS2. The summed E-state index contributed by atoms with van der Waals surface area (Å²) >= 11 is 12.2. The van der Waals surface area contributed by atoms with Gasteiger partial charge in [0.2, 0.25) is 0 Å². The standard InChI is InChI=1S/C16H8ClF2NOS2/c17-12-5-2-6-13(19)11(12)8-14-15(21)20(16(22)23-14)10-4-1-3-9(18)7-10/h1-8H/b14-8+. The van der Waals surface area contributed by atoms with Crippen molar-refractivity contribution in [3.63, 3.8) is 0 Å². The molecule has 7 heteroatoms. The maximum atomic E-state index is 13.9. The monoisotopic (exact) mass is 367 g/mol. The summed E-state index contributed by atoms with van der Waals surface area (Å²) in [7, 11) is 0. The first-order valence-corrected chi connectivity index (χ1v) is 8.05. The van der Waals surface area contributed by atoms with Crippen molar-refractivity contribution in [2.45, 2.75) is 0 Å². The highest BCUT2D eigenvalue weighted by molar-refractivity contribution is 8.27. The highest BCUT2D eigenvalue weighted by atomic mass is 35.5. The second-order valence-corrected chi connectivity index (χ2v) is 6.72. The number of amides is 1. The molecule has 1 amide bonds. The number of rotatable bonds is 2. The summed E-state index contributed by atoms with van der Waals surface area (Å²) in [5.41, 5.74) is 0.449. The average molecular weight is 368 g/mol. The third-order valence-electron chi connectivity index (χ3n) is 3.14. The molecular weight excluding hydrogens is 360 g/mol. The van der Waals surface area contributed by atoms with Gasteiger partial charge < -0.3 is 0 Å². The fraction of sp³-hybridized carbons (Fsp3) is 0. The van der Waals surface area contributed by atoms with E-state index < -0.39 is 17.5 Å². The molecule has 0 bridgehead atoms. The Morgan fingerprint density at radius 2 is 1.91 bits per heavy atom. The molecule has 0 N–H and O–H groups in total. The van der Waals surface area contributed by atoms with E-state index in [2.05, 4.69) is 0 Å². The molecule has 0 aromatic heterocycles. The Balaban J connectivity index is 2.00. The number of thiocarbonyl (C=S) groups is 1. The van der Waals surface area contributed by atoms with Crippen LogP contribution in [-0.4, -0.2) is 10.2 Å². The topological polar surface area (TPSA) is 20.3 Å². The van der Waals surface area contributed by atoms with Gasteiger partial charge >= 0.3 is 0 Å². The van der Waals surface area contributed by atoms with Crippen molar-refractivity contribution < 1.29 is 13.6 Å². The highest BCUT2D eigenvalue weighted by Crippen LogP contribution is 2.37. The summed E-state index contributed by atoms with van der Waals surface area (Å²) in [6.45, 7) is 0. The molecule has 3 rings (SSSR count). The first-order chi connectivity index (χ1) is 11.0. The van der Waals surface area contributed by atoms with Crippen LogP contribution >= 0.6 is 35.6 Å². The summed E-state index contributed by atoms with van der Waals surface area (Å²) in [6.07, 6.45) is 1.36. The van der Waals surface area contributed by atoms with Crippen LogP contribution in [-0.2, 0) is 4.79 Å². The minimum absolute atomic E-state index is 0.119. The van der Waals surface area contributed by atoms with E-state index in [1.54, 1.807) is 6.07 Å². The number of hydrogen-bond acceptors (Lipinski definition) is 3. The normalized spacial score (nSPS) is 16.5. The van der Waals surface area contributed by atoms with Gasteiger partial charge in [-0.3, -0.25) is 9.69 Å². The zero-order valence-electron chi connectivity index (χ0n) is 11.4. The summed E-state index contributed by atoms with van der Waals surface area (Å²) in [6, 6.07) is 9.81. The van der Waals surface area contributed by atoms with Crippen LogP contribution in [0.4, 0.5) is 14.5 Å². The Labute approximate surface area is 145 Å². The van der Waals surface area contributed by atoms with E-state index in [1.807, 2.05) is 0 Å². The predicted octanol–water partition coefficient (Wildman–Crippen LogP) is 5.02. The third-order valence-corrected chi connectivity index (χ3v) is 4.77. The Bertz CT molecular complexity index is 833. The third kappa shape index (κ3) is 3.15. The van der Waals surface area contributed by atoms with Crippen LogP contribution in [0.5, 0.6) is 0 Å². The van der Waals surface area contributed by atoms with Gasteiger partial charge in [-0.2, -0.15) is 0 Å². The summed E-state index contributed by atoms with van der Waals surface area (Å²) in [4.78, 5) is 14.0. The molecule has 116 valence electrons. The van der Waals surface area contributed by atoms with E-state index in [0.29, 0.717) is 5.69 Å². The molecule has 1 heterocycles. The molecule has 1 fully saturated rings. The summed E-state index contributed by atoms with van der Waals surface area (Å²) < 4.78 is 27.5. The van der Waals surface area contributed by atoms with E-state index >= 15 is 0 Å². The molecule has 0 aliphatic carbocycles. The molecule has 1 aliphatic rings. The van der Waals surface area contributed by atoms with E-state index in [-0.39, 0.29) is 19.8 Å². The van der Waals surface area contributed by atoms with Crippen molar-refractivity contribution in [2.24, 2.45) is 0 Å². The molecule has 0 unspecified atom stereocenters. The summed E-state index contributed by atoms with van der Waals surface area (Å²) in [5.74, 6) is -1.45. The van der Waals surface area contributed by atoms with Crippen LogP contribution in [0.1, 0.15) is 5.56 Å². The largest absolute Gasteiger partial charge is 0.270 e. The molecule has 2 aromatic carbocycles. The van der Waals surface area contributed by atoms with Crippen LogP contribution in [0.15, 0.2) is 47.4 Å². The Morgan fingerprint density at radius 3 is 2.61 bits per heavy atom. The van der Waals surface area contributed by atoms with Crippen LogP contribution in [0.2, 0.25) is 5.02 Å². The molecule has 0 atom stereocenters. The molecule has 2 aromatic rings. The molecule has 0 spiro atoms. The fourth-order valence-corrected chi connectivity index (χ4v) is 3.58. The fourth-order valence-electron chi connectivity index (χ4n) is 2.09. The van der Waals surface area contributed by atoms with Gasteiger partial charge in [-0.15, -0.1) is 0 Å². The SMILES string of the molecule is O=C1/C(=C\c2c(F)cccc2Cl)SC(=S)N1c1cccc(F)c1. The number of anilines is 1. The lowest BCUT2D eigenvalue weighted by atomic mass is 10.2. The lowest BCUT2D eigenvalue weighted by Crippen LogP contribution is -2.27. The number of hydrogen-bond donors (Lipinski definition) is 0. The minimum atomic E-state index is -0.534. The second kappa shape index (κ2) is 6.39. The lowest BCUT2D eigenvalue weighted by molar-refractivity contribution is -0.113. The zero-order chi connectivity index (χ0) is 16.6. The molecule has 0 radical (unpaired) electrons. The maximum absolute atomic E-state index is 13.9. The van der Waals surface area contributed by atoms with E-state index in [0.717, 1.165) is 11.8 Å². The van der Waals surface area contributed by atoms with Gasteiger partial charge in [0.15, 0.2) is 4.32 Å². The van der Waals surface area contributed by atoms with Gasteiger partial charge in [-0.25, -0.2) is 8.78 Å². The number of carbonyl (C=O) groups excluding carboxylic acids is 1. The van der Waals surface area contributed by atoms with Crippen LogP contribution in [0, 0.1) is 11.6 Å². The zero-order valence-corrected chi connectivity index (χ0v) is 13.8. The van der Waals surface area contributed by atoms with Gasteiger partial charge in [0.25, 0.3) is 5.91 Å². The van der Waals surface area contributed by atoms with Crippen LogP contribution in [0.25, 0.3) is 6.08 Å². The van der Waals surface area contributed by atoms with E-state index in [4.69, 9.17) is 23.8 Å². The number of halogens is 3. The highest BCUT2D eigenvalue weighted by Gasteiger charge is 2.33. The summed E-state index contributed by atoms with van der Waals surface area (Å²) in [5, 5.41) is 0.195. The molecule has 23 heavy (non-hydrogen) atoms. The molecule has 1 aliphatic heterocycles. The van der Waals surface area contributed by atoms with Crippen molar-refractivity contribution in [3.05, 3.63) is 69.6 Å². The quantitative estimate of drug-likeness (QED) is 0.549. The Hall–Kier alpha value is -1.76. The first kappa shape index (κ1) is 16.1. The van der Waals surface area contributed by atoms with Crippen molar-refractivity contribution >= 4 is 57.6 Å². The van der Waals surface area contributed by atoms with Gasteiger partial charge in [0.1, 0.15) is 11.6 Å². The lowest BCUT2D eigenvalue weighted by Gasteiger charge is -2.14. The van der Waals surface area contributed by atoms with Crippen LogP contribution in [0.3, 0.4) is 0 Å². The van der Waals surface area contributed by atoms with Crippen molar-refractivity contribution in [1.82, 2.24) is 0 Å². The molecule has 0 saturated carbocycles. The van der Waals surface area contributed by atoms with E-state index in [1.165, 1.54) is 47.4 Å². The maximum Gasteiger partial charge on any atom is 0.270 e. The number of benzene rings is 2. The number of carbonyl (C=O) groups is 1. The van der Waals surface area contributed by atoms with Crippen molar-refractivity contribution in [3.8, 4) is 0 Å². The number of nitrogens with zero attached hydrogens (tertiary/aromatic N) is 1.